The maximum atomic E-state index is 12.6. The molecule has 2 fully saturated rings. The van der Waals surface area contributed by atoms with E-state index in [1.807, 2.05) is 29.2 Å². The summed E-state index contributed by atoms with van der Waals surface area (Å²) in [6.45, 7) is 0.748. The first-order valence-electron chi connectivity index (χ1n) is 7.07. The van der Waals surface area contributed by atoms with E-state index >= 15 is 0 Å². The highest BCUT2D eigenvalue weighted by molar-refractivity contribution is 8.14. The molecule has 2 heterocycles. The van der Waals surface area contributed by atoms with Crippen molar-refractivity contribution in [1.82, 2.24) is 10.2 Å². The minimum atomic E-state index is -0.381. The summed E-state index contributed by atoms with van der Waals surface area (Å²) in [5.74, 6) is 1.36. The number of nitrogens with one attached hydrogen (secondary N) is 1. The lowest BCUT2D eigenvalue weighted by Crippen LogP contribution is -2.45. The maximum absolute atomic E-state index is 12.6. The van der Waals surface area contributed by atoms with Crippen molar-refractivity contribution in [3.05, 3.63) is 29.8 Å². The van der Waals surface area contributed by atoms with Gasteiger partial charge in [-0.25, -0.2) is 0 Å². The maximum Gasteiger partial charge on any atom is 0.279 e. The molecular weight excluding hydrogens is 288 g/mol. The van der Waals surface area contributed by atoms with Crippen molar-refractivity contribution >= 4 is 22.9 Å². The van der Waals surface area contributed by atoms with Crippen LogP contribution in [0.1, 0.15) is 24.4 Å². The highest BCUT2D eigenvalue weighted by Gasteiger charge is 2.37. The van der Waals surface area contributed by atoms with Crippen LogP contribution in [0.4, 0.5) is 4.79 Å². The zero-order chi connectivity index (χ0) is 14.8. The summed E-state index contributed by atoms with van der Waals surface area (Å²) >= 11 is 1.18. The van der Waals surface area contributed by atoms with Gasteiger partial charge in [0.05, 0.1) is 13.2 Å². The van der Waals surface area contributed by atoms with Crippen molar-refractivity contribution in [3.8, 4) is 5.75 Å². The Labute approximate surface area is 128 Å². The second-order valence-corrected chi connectivity index (χ2v) is 6.25. The van der Waals surface area contributed by atoms with Gasteiger partial charge in [0.25, 0.3) is 5.24 Å². The van der Waals surface area contributed by atoms with Gasteiger partial charge in [-0.3, -0.25) is 9.59 Å². The highest BCUT2D eigenvalue weighted by atomic mass is 32.2. The summed E-state index contributed by atoms with van der Waals surface area (Å²) < 4.78 is 5.26. The number of hydrogen-bond donors (Lipinski definition) is 1. The largest absolute Gasteiger partial charge is 0.497 e. The van der Waals surface area contributed by atoms with Crippen molar-refractivity contribution in [3.63, 3.8) is 0 Å². The van der Waals surface area contributed by atoms with Crippen LogP contribution in [-0.4, -0.2) is 41.5 Å². The highest BCUT2D eigenvalue weighted by Crippen LogP contribution is 2.34. The van der Waals surface area contributed by atoms with Crippen LogP contribution in [0, 0.1) is 0 Å². The molecular formula is C15H18N2O3S. The summed E-state index contributed by atoms with van der Waals surface area (Å²) in [7, 11) is 1.64. The molecule has 1 N–H and O–H groups in total. The molecule has 1 aromatic carbocycles. The lowest BCUT2D eigenvalue weighted by atomic mass is 10.0. The van der Waals surface area contributed by atoms with Gasteiger partial charge in [0.1, 0.15) is 11.8 Å². The van der Waals surface area contributed by atoms with E-state index in [2.05, 4.69) is 5.32 Å². The third-order valence-electron chi connectivity index (χ3n) is 3.99. The van der Waals surface area contributed by atoms with Crippen LogP contribution >= 0.6 is 11.8 Å². The standard InChI is InChI=1S/C15H18N2O3S/c1-20-11-5-2-4-10(8-11)13-6-3-7-17(13)14(18)12-9-21-15(19)16-12/h2,4-5,8,12-13H,3,6-7,9H2,1H3,(H,16,19). The van der Waals surface area contributed by atoms with E-state index in [4.69, 9.17) is 4.74 Å². The molecule has 0 aromatic heterocycles. The van der Waals surface area contributed by atoms with Crippen LogP contribution in [0.15, 0.2) is 24.3 Å². The molecule has 2 saturated heterocycles. The van der Waals surface area contributed by atoms with Crippen LogP contribution in [0.3, 0.4) is 0 Å². The Morgan fingerprint density at radius 2 is 2.33 bits per heavy atom. The molecule has 5 nitrogen and oxygen atoms in total. The van der Waals surface area contributed by atoms with Gasteiger partial charge in [0.2, 0.25) is 5.91 Å². The average molecular weight is 306 g/mol. The van der Waals surface area contributed by atoms with E-state index in [1.54, 1.807) is 7.11 Å². The van der Waals surface area contributed by atoms with Crippen molar-refractivity contribution in [2.45, 2.75) is 24.9 Å². The molecule has 2 unspecified atom stereocenters. The van der Waals surface area contributed by atoms with Crippen molar-refractivity contribution in [2.75, 3.05) is 19.4 Å². The van der Waals surface area contributed by atoms with Crippen LogP contribution in [-0.2, 0) is 4.79 Å². The lowest BCUT2D eigenvalue weighted by Gasteiger charge is -2.27. The second kappa shape index (κ2) is 5.97. The molecule has 21 heavy (non-hydrogen) atoms. The third kappa shape index (κ3) is 2.85. The monoisotopic (exact) mass is 306 g/mol. The minimum Gasteiger partial charge on any atom is -0.497 e. The molecule has 0 spiro atoms. The molecule has 1 aromatic rings. The van der Waals surface area contributed by atoms with Crippen LogP contribution in [0.2, 0.25) is 0 Å². The summed E-state index contributed by atoms with van der Waals surface area (Å²) in [5, 5.41) is 2.63. The lowest BCUT2D eigenvalue weighted by molar-refractivity contribution is -0.133. The minimum absolute atomic E-state index is 0.0265. The van der Waals surface area contributed by atoms with Crippen LogP contribution < -0.4 is 10.1 Å². The number of thioether (sulfide) groups is 1. The Morgan fingerprint density at radius 1 is 1.48 bits per heavy atom. The van der Waals surface area contributed by atoms with Crippen molar-refractivity contribution in [1.29, 1.82) is 0 Å². The van der Waals surface area contributed by atoms with E-state index in [9.17, 15) is 9.59 Å². The molecule has 6 heteroatoms. The molecule has 0 bridgehead atoms. The Bertz CT molecular complexity index is 564. The second-order valence-electron chi connectivity index (χ2n) is 5.26. The fourth-order valence-corrected chi connectivity index (χ4v) is 3.71. The Balaban J connectivity index is 1.78. The number of rotatable bonds is 3. The topological polar surface area (TPSA) is 58.6 Å². The molecule has 2 aliphatic rings. The smallest absolute Gasteiger partial charge is 0.279 e. The number of benzene rings is 1. The number of likely N-dealkylation sites (tertiary alicyclic amines) is 1. The van der Waals surface area contributed by atoms with Gasteiger partial charge in [0, 0.05) is 12.3 Å². The zero-order valence-electron chi connectivity index (χ0n) is 11.9. The van der Waals surface area contributed by atoms with Gasteiger partial charge < -0.3 is 15.0 Å². The molecule has 2 aliphatic heterocycles. The fourth-order valence-electron chi connectivity index (χ4n) is 2.94. The predicted octanol–water partition coefficient (Wildman–Crippen LogP) is 2.18. The average Bonchev–Trinajstić information content (AvgIpc) is 3.15. The summed E-state index contributed by atoms with van der Waals surface area (Å²) in [6, 6.07) is 7.56. The number of amides is 2. The van der Waals surface area contributed by atoms with E-state index < -0.39 is 0 Å². The normalized spacial score (nSPS) is 25.0. The van der Waals surface area contributed by atoms with Gasteiger partial charge in [-0.15, -0.1) is 0 Å². The van der Waals surface area contributed by atoms with E-state index in [0.29, 0.717) is 5.75 Å². The molecule has 3 rings (SSSR count). The van der Waals surface area contributed by atoms with Crippen LogP contribution in [0.25, 0.3) is 0 Å². The summed E-state index contributed by atoms with van der Waals surface area (Å²) in [5.41, 5.74) is 1.09. The number of nitrogens with zero attached hydrogens (tertiary/aromatic N) is 1. The van der Waals surface area contributed by atoms with Gasteiger partial charge >= 0.3 is 0 Å². The van der Waals surface area contributed by atoms with E-state index in [1.165, 1.54) is 11.8 Å². The van der Waals surface area contributed by atoms with Gasteiger partial charge in [-0.05, 0) is 30.5 Å². The molecule has 0 radical (unpaired) electrons. The SMILES string of the molecule is COc1cccc(C2CCCN2C(=O)C2CSC(=O)N2)c1. The predicted molar refractivity (Wildman–Crippen MR) is 81.5 cm³/mol. The third-order valence-corrected chi connectivity index (χ3v) is 4.87. The molecule has 2 amide bonds. The zero-order valence-corrected chi connectivity index (χ0v) is 12.7. The van der Waals surface area contributed by atoms with Gasteiger partial charge in [0.15, 0.2) is 0 Å². The first-order valence-corrected chi connectivity index (χ1v) is 8.05. The van der Waals surface area contributed by atoms with E-state index in [-0.39, 0.29) is 23.2 Å². The summed E-state index contributed by atoms with van der Waals surface area (Å²) in [4.78, 5) is 25.8. The van der Waals surface area contributed by atoms with Gasteiger partial charge in [-0.2, -0.15) is 0 Å². The molecule has 112 valence electrons. The molecule has 2 atom stereocenters. The van der Waals surface area contributed by atoms with E-state index in [0.717, 1.165) is 30.7 Å². The van der Waals surface area contributed by atoms with Crippen molar-refractivity contribution < 1.29 is 14.3 Å². The quantitative estimate of drug-likeness (QED) is 0.930. The summed E-state index contributed by atoms with van der Waals surface area (Å²) in [6.07, 6.45) is 1.94. The molecule has 0 aliphatic carbocycles. The Kier molecular flexibility index (Phi) is 4.05. The van der Waals surface area contributed by atoms with Crippen molar-refractivity contribution in [2.24, 2.45) is 0 Å². The number of carbonyl (C=O) groups is 2. The number of ether oxygens (including phenoxy) is 1. The fraction of sp³-hybridized carbons (Fsp3) is 0.467. The van der Waals surface area contributed by atoms with Crippen LogP contribution in [0.5, 0.6) is 5.75 Å². The first kappa shape index (κ1) is 14.3. The number of carbonyl (C=O) groups excluding carboxylic acids is 2. The Hall–Kier alpha value is -1.69. The number of methoxy groups -OCH3 is 1. The Morgan fingerprint density at radius 3 is 3.05 bits per heavy atom. The number of hydrogen-bond acceptors (Lipinski definition) is 4. The molecule has 0 saturated carbocycles. The van der Waals surface area contributed by atoms with Gasteiger partial charge in [-0.1, -0.05) is 23.9 Å². The first-order chi connectivity index (χ1) is 10.2.